The Morgan fingerprint density at radius 3 is 2.68 bits per heavy atom. The van der Waals surface area contributed by atoms with Crippen LogP contribution in [0.25, 0.3) is 0 Å². The fourth-order valence-electron chi connectivity index (χ4n) is 2.60. The lowest BCUT2D eigenvalue weighted by atomic mass is 10.1. The Bertz CT molecular complexity index is 609. The SMILES string of the molecule is NCCN1CCN(c2nc(Cc3ccccc3F)ns2)CC1. The number of hydrogen-bond donors (Lipinski definition) is 1. The predicted molar refractivity (Wildman–Crippen MR) is 86.8 cm³/mol. The third kappa shape index (κ3) is 3.60. The van der Waals surface area contributed by atoms with E-state index >= 15 is 0 Å². The van der Waals surface area contributed by atoms with Crippen LogP contribution >= 0.6 is 11.5 Å². The van der Waals surface area contributed by atoms with Crippen LogP contribution in [0.5, 0.6) is 0 Å². The normalized spacial score (nSPS) is 16.2. The first-order valence-electron chi connectivity index (χ1n) is 7.49. The van der Waals surface area contributed by atoms with Gasteiger partial charge in [-0.15, -0.1) is 0 Å². The smallest absolute Gasteiger partial charge is 0.205 e. The highest BCUT2D eigenvalue weighted by molar-refractivity contribution is 7.09. The molecular weight excluding hydrogens is 301 g/mol. The Kier molecular flexibility index (Phi) is 4.97. The summed E-state index contributed by atoms with van der Waals surface area (Å²) in [5.41, 5.74) is 6.23. The molecule has 0 amide bonds. The number of halogens is 1. The Hall–Kier alpha value is -1.57. The second-order valence-corrected chi connectivity index (χ2v) is 6.11. The van der Waals surface area contributed by atoms with E-state index in [2.05, 4.69) is 19.2 Å². The highest BCUT2D eigenvalue weighted by Crippen LogP contribution is 2.21. The van der Waals surface area contributed by atoms with Crippen LogP contribution in [0.2, 0.25) is 0 Å². The van der Waals surface area contributed by atoms with Crippen molar-refractivity contribution in [1.82, 2.24) is 14.3 Å². The van der Waals surface area contributed by atoms with Crippen LogP contribution in [0.1, 0.15) is 11.4 Å². The van der Waals surface area contributed by atoms with Crippen LogP contribution in [0.4, 0.5) is 9.52 Å². The zero-order valence-electron chi connectivity index (χ0n) is 12.4. The Labute approximate surface area is 133 Å². The molecule has 0 radical (unpaired) electrons. The van der Waals surface area contributed by atoms with Crippen molar-refractivity contribution in [2.45, 2.75) is 6.42 Å². The summed E-state index contributed by atoms with van der Waals surface area (Å²) in [5, 5.41) is 0.929. The van der Waals surface area contributed by atoms with Gasteiger partial charge in [0.25, 0.3) is 0 Å². The van der Waals surface area contributed by atoms with E-state index in [1.807, 2.05) is 6.07 Å². The monoisotopic (exact) mass is 321 g/mol. The van der Waals surface area contributed by atoms with Crippen molar-refractivity contribution >= 4 is 16.7 Å². The van der Waals surface area contributed by atoms with Crippen molar-refractivity contribution in [3.8, 4) is 0 Å². The second kappa shape index (κ2) is 7.13. The van der Waals surface area contributed by atoms with E-state index in [0.29, 0.717) is 24.4 Å². The number of anilines is 1. The maximum absolute atomic E-state index is 13.7. The maximum atomic E-state index is 13.7. The van der Waals surface area contributed by atoms with E-state index in [-0.39, 0.29) is 5.82 Å². The summed E-state index contributed by atoms with van der Waals surface area (Å²) in [6.07, 6.45) is 0.441. The van der Waals surface area contributed by atoms with Gasteiger partial charge in [-0.1, -0.05) is 18.2 Å². The van der Waals surface area contributed by atoms with Crippen molar-refractivity contribution in [3.63, 3.8) is 0 Å². The highest BCUT2D eigenvalue weighted by Gasteiger charge is 2.19. The van der Waals surface area contributed by atoms with E-state index in [1.165, 1.54) is 17.6 Å². The molecule has 3 rings (SSSR count). The summed E-state index contributed by atoms with van der Waals surface area (Å²) in [4.78, 5) is 9.17. The molecule has 1 aromatic carbocycles. The lowest BCUT2D eigenvalue weighted by Gasteiger charge is -2.33. The van der Waals surface area contributed by atoms with E-state index in [1.54, 1.807) is 12.1 Å². The lowest BCUT2D eigenvalue weighted by Crippen LogP contribution is -2.47. The highest BCUT2D eigenvalue weighted by atomic mass is 32.1. The van der Waals surface area contributed by atoms with Crippen LogP contribution in [-0.2, 0) is 6.42 Å². The fourth-order valence-corrected chi connectivity index (χ4v) is 3.34. The second-order valence-electron chi connectivity index (χ2n) is 5.38. The summed E-state index contributed by atoms with van der Waals surface area (Å²) in [7, 11) is 0. The summed E-state index contributed by atoms with van der Waals surface area (Å²) < 4.78 is 18.0. The molecule has 2 aromatic rings. The van der Waals surface area contributed by atoms with Crippen molar-refractivity contribution in [1.29, 1.82) is 0 Å². The quantitative estimate of drug-likeness (QED) is 0.901. The van der Waals surface area contributed by atoms with Gasteiger partial charge in [0.15, 0.2) is 0 Å². The molecule has 0 saturated carbocycles. The molecular formula is C15H20FN5S. The van der Waals surface area contributed by atoms with Gasteiger partial charge in [-0.2, -0.15) is 4.37 Å². The molecule has 0 unspecified atom stereocenters. The number of rotatable bonds is 5. The van der Waals surface area contributed by atoms with E-state index in [4.69, 9.17) is 5.73 Å². The summed E-state index contributed by atoms with van der Waals surface area (Å²) >= 11 is 1.39. The molecule has 2 N–H and O–H groups in total. The molecule has 1 aliphatic heterocycles. The van der Waals surface area contributed by atoms with Crippen molar-refractivity contribution in [2.75, 3.05) is 44.2 Å². The molecule has 0 spiro atoms. The molecule has 5 nitrogen and oxygen atoms in total. The van der Waals surface area contributed by atoms with E-state index < -0.39 is 0 Å². The number of piperazine rings is 1. The summed E-state index contributed by atoms with van der Waals surface area (Å²) in [6, 6.07) is 6.78. The standard InChI is InChI=1S/C15H20FN5S/c16-13-4-2-1-3-12(13)11-14-18-15(22-19-14)21-9-7-20(6-5-17)8-10-21/h1-4H,5-11,17H2. The van der Waals surface area contributed by atoms with Crippen LogP contribution in [-0.4, -0.2) is 53.5 Å². The summed E-state index contributed by atoms with van der Waals surface area (Å²) in [6.45, 7) is 5.52. The zero-order chi connectivity index (χ0) is 15.4. The fraction of sp³-hybridized carbons (Fsp3) is 0.467. The first kappa shape index (κ1) is 15.3. The van der Waals surface area contributed by atoms with Gasteiger partial charge >= 0.3 is 0 Å². The summed E-state index contributed by atoms with van der Waals surface area (Å²) in [5.74, 6) is 0.490. The topological polar surface area (TPSA) is 58.3 Å². The minimum atomic E-state index is -0.200. The number of hydrogen-bond acceptors (Lipinski definition) is 6. The van der Waals surface area contributed by atoms with E-state index in [9.17, 15) is 4.39 Å². The van der Waals surface area contributed by atoms with Gasteiger partial charge < -0.3 is 10.6 Å². The lowest BCUT2D eigenvalue weighted by molar-refractivity contribution is 0.265. The minimum Gasteiger partial charge on any atom is -0.344 e. The van der Waals surface area contributed by atoms with Gasteiger partial charge in [0.1, 0.15) is 11.6 Å². The third-order valence-electron chi connectivity index (χ3n) is 3.85. The number of nitrogens with zero attached hydrogens (tertiary/aromatic N) is 4. The molecule has 1 saturated heterocycles. The van der Waals surface area contributed by atoms with Gasteiger partial charge in [0.2, 0.25) is 5.13 Å². The number of aromatic nitrogens is 2. The molecule has 1 aliphatic rings. The van der Waals surface area contributed by atoms with Crippen molar-refractivity contribution in [2.24, 2.45) is 5.73 Å². The van der Waals surface area contributed by atoms with Gasteiger partial charge in [0.05, 0.1) is 0 Å². The minimum absolute atomic E-state index is 0.200. The Morgan fingerprint density at radius 1 is 1.18 bits per heavy atom. The predicted octanol–water partition coefficient (Wildman–Crippen LogP) is 1.35. The van der Waals surface area contributed by atoms with E-state index in [0.717, 1.165) is 37.9 Å². The molecule has 1 aromatic heterocycles. The van der Waals surface area contributed by atoms with Crippen molar-refractivity contribution in [3.05, 3.63) is 41.5 Å². The van der Waals surface area contributed by atoms with Crippen molar-refractivity contribution < 1.29 is 4.39 Å². The zero-order valence-corrected chi connectivity index (χ0v) is 13.2. The molecule has 1 fully saturated rings. The maximum Gasteiger partial charge on any atom is 0.205 e. The molecule has 7 heteroatoms. The Morgan fingerprint density at radius 2 is 1.95 bits per heavy atom. The van der Waals surface area contributed by atoms with Gasteiger partial charge in [-0.3, -0.25) is 4.90 Å². The molecule has 118 valence electrons. The third-order valence-corrected chi connectivity index (χ3v) is 4.67. The van der Waals surface area contributed by atoms with Crippen LogP contribution < -0.4 is 10.6 Å². The first-order valence-corrected chi connectivity index (χ1v) is 8.27. The van der Waals surface area contributed by atoms with Crippen LogP contribution in [0.3, 0.4) is 0 Å². The molecule has 2 heterocycles. The number of benzene rings is 1. The molecule has 0 atom stereocenters. The van der Waals surface area contributed by atoms with Gasteiger partial charge in [-0.05, 0) is 11.6 Å². The first-order chi connectivity index (χ1) is 10.8. The Balaban J connectivity index is 1.61. The molecule has 0 aliphatic carbocycles. The molecule has 22 heavy (non-hydrogen) atoms. The molecule has 0 bridgehead atoms. The van der Waals surface area contributed by atoms with Gasteiger partial charge in [0, 0.05) is 57.2 Å². The van der Waals surface area contributed by atoms with Crippen LogP contribution in [0, 0.1) is 5.82 Å². The van der Waals surface area contributed by atoms with Gasteiger partial charge in [-0.25, -0.2) is 9.37 Å². The largest absolute Gasteiger partial charge is 0.344 e. The van der Waals surface area contributed by atoms with Crippen LogP contribution in [0.15, 0.2) is 24.3 Å². The number of nitrogens with two attached hydrogens (primary N) is 1. The average molecular weight is 321 g/mol. The average Bonchev–Trinajstić information content (AvgIpc) is 2.99.